The van der Waals surface area contributed by atoms with Crippen LogP contribution in [0.5, 0.6) is 17.2 Å². The highest BCUT2D eigenvalue weighted by atomic mass is 32.2. The zero-order valence-corrected chi connectivity index (χ0v) is 18.5. The first-order chi connectivity index (χ1) is 16.0. The molecular weight excluding hydrogens is 479 g/mol. The third-order valence-electron chi connectivity index (χ3n) is 4.17. The number of nitrogens with zero attached hydrogens (tertiary/aromatic N) is 2. The van der Waals surface area contributed by atoms with Gasteiger partial charge >= 0.3 is 11.9 Å². The van der Waals surface area contributed by atoms with Gasteiger partial charge in [0.1, 0.15) is 0 Å². The molecule has 0 unspecified atom stereocenters. The lowest BCUT2D eigenvalue weighted by molar-refractivity contribution is -0.385. The Morgan fingerprint density at radius 1 is 1.21 bits per heavy atom. The van der Waals surface area contributed by atoms with Gasteiger partial charge in [0.25, 0.3) is 5.91 Å². The van der Waals surface area contributed by atoms with Crippen LogP contribution in [-0.2, 0) is 15.8 Å². The Bertz CT molecular complexity index is 1230. The minimum Gasteiger partial charge on any atom is -0.490 e. The van der Waals surface area contributed by atoms with Crippen LogP contribution in [0.15, 0.2) is 46.3 Å². The fourth-order valence-electron chi connectivity index (χ4n) is 2.77. The molecule has 178 valence electrons. The van der Waals surface area contributed by atoms with Crippen molar-refractivity contribution in [3.05, 3.63) is 62.5 Å². The molecule has 9 nitrogen and oxygen atoms in total. The number of ether oxygens (including phenoxy) is 2. The highest BCUT2D eigenvalue weighted by molar-refractivity contribution is 8.18. The molecule has 0 aromatic heterocycles. The summed E-state index contributed by atoms with van der Waals surface area (Å²) in [6, 6.07) is 6.35. The van der Waals surface area contributed by atoms with E-state index in [4.69, 9.17) is 9.47 Å². The van der Waals surface area contributed by atoms with Crippen molar-refractivity contribution < 1.29 is 37.2 Å². The summed E-state index contributed by atoms with van der Waals surface area (Å²) < 4.78 is 49.9. The standard InChI is InChI=1S/C21H16F3N3O6S/c1-3-32-17-8-12(9-18-19(29)26-20(34-18)25-11(2)28)4-6-16(17)33-15-7-5-13(21(22,23)24)10-14(15)27(30)31/h4-10H,3H2,1-2H3,(H,25,26,28,29)/b18-9-. The fraction of sp³-hybridized carbons (Fsp3) is 0.190. The maximum atomic E-state index is 12.9. The normalized spacial score (nSPS) is 14.7. The van der Waals surface area contributed by atoms with Gasteiger partial charge in [-0.3, -0.25) is 19.7 Å². The maximum Gasteiger partial charge on any atom is 0.416 e. The van der Waals surface area contributed by atoms with Gasteiger partial charge < -0.3 is 14.8 Å². The van der Waals surface area contributed by atoms with E-state index in [-0.39, 0.29) is 34.1 Å². The largest absolute Gasteiger partial charge is 0.490 e. The number of amides is 2. The van der Waals surface area contributed by atoms with Gasteiger partial charge in [-0.2, -0.15) is 18.2 Å². The molecule has 0 fully saturated rings. The number of carbonyl (C=O) groups is 2. The Kier molecular flexibility index (Phi) is 7.25. The summed E-state index contributed by atoms with van der Waals surface area (Å²) in [6.07, 6.45) is -3.26. The van der Waals surface area contributed by atoms with E-state index in [1.807, 2.05) is 0 Å². The number of nitrogens with one attached hydrogen (secondary N) is 1. The monoisotopic (exact) mass is 495 g/mol. The molecule has 13 heteroatoms. The third-order valence-corrected chi connectivity index (χ3v) is 5.07. The second kappa shape index (κ2) is 9.95. The predicted octanol–water partition coefficient (Wildman–Crippen LogP) is 4.91. The summed E-state index contributed by atoms with van der Waals surface area (Å²) in [5.74, 6) is -1.16. The minimum atomic E-state index is -4.76. The summed E-state index contributed by atoms with van der Waals surface area (Å²) in [4.78, 5) is 37.5. The van der Waals surface area contributed by atoms with Crippen molar-refractivity contribution in [3.63, 3.8) is 0 Å². The Balaban J connectivity index is 1.91. The van der Waals surface area contributed by atoms with Gasteiger partial charge in [0.15, 0.2) is 16.7 Å². The van der Waals surface area contributed by atoms with Gasteiger partial charge in [-0.25, -0.2) is 0 Å². The fourth-order valence-corrected chi connectivity index (χ4v) is 3.63. The van der Waals surface area contributed by atoms with E-state index in [1.165, 1.54) is 31.2 Å². The molecule has 0 radical (unpaired) electrons. The molecule has 0 saturated carbocycles. The number of benzene rings is 2. The van der Waals surface area contributed by atoms with E-state index >= 15 is 0 Å². The van der Waals surface area contributed by atoms with E-state index in [0.29, 0.717) is 17.7 Å². The van der Waals surface area contributed by atoms with Crippen LogP contribution in [0, 0.1) is 10.1 Å². The van der Waals surface area contributed by atoms with Gasteiger partial charge in [0.05, 0.1) is 22.0 Å². The van der Waals surface area contributed by atoms with Gasteiger partial charge in [0.2, 0.25) is 11.7 Å². The lowest BCUT2D eigenvalue weighted by atomic mass is 10.1. The number of alkyl halides is 3. The van der Waals surface area contributed by atoms with Crippen LogP contribution >= 0.6 is 11.8 Å². The highest BCUT2D eigenvalue weighted by Crippen LogP contribution is 2.40. The van der Waals surface area contributed by atoms with Crippen LogP contribution in [0.3, 0.4) is 0 Å². The number of nitro benzene ring substituents is 1. The first-order valence-electron chi connectivity index (χ1n) is 9.58. The molecule has 0 atom stereocenters. The summed E-state index contributed by atoms with van der Waals surface area (Å²) in [7, 11) is 0. The number of aliphatic imine (C=N–C) groups is 1. The molecule has 1 aliphatic heterocycles. The number of carbonyl (C=O) groups excluding carboxylic acids is 2. The van der Waals surface area contributed by atoms with E-state index in [0.717, 1.165) is 17.8 Å². The summed E-state index contributed by atoms with van der Waals surface area (Å²) in [5, 5.41) is 13.9. The Hall–Kier alpha value is -3.87. The molecule has 3 rings (SSSR count). The zero-order chi connectivity index (χ0) is 25.0. The molecule has 0 spiro atoms. The van der Waals surface area contributed by atoms with E-state index in [9.17, 15) is 32.9 Å². The van der Waals surface area contributed by atoms with Crippen LogP contribution in [0.1, 0.15) is 25.0 Å². The number of amidine groups is 1. The van der Waals surface area contributed by atoms with Crippen molar-refractivity contribution in [3.8, 4) is 17.2 Å². The highest BCUT2D eigenvalue weighted by Gasteiger charge is 2.33. The molecule has 34 heavy (non-hydrogen) atoms. The predicted molar refractivity (Wildman–Crippen MR) is 118 cm³/mol. The smallest absolute Gasteiger partial charge is 0.416 e. The SMILES string of the molecule is CCOc1cc(/C=C2\SC(NC(C)=O)=NC2=O)ccc1Oc1ccc(C(F)(F)F)cc1[N+](=O)[O-]. The molecule has 2 amide bonds. The number of thioether (sulfide) groups is 1. The van der Waals surface area contributed by atoms with Gasteiger partial charge in [-0.05, 0) is 54.6 Å². The average Bonchev–Trinajstić information content (AvgIpc) is 3.07. The first kappa shape index (κ1) is 24.8. The molecule has 1 aliphatic rings. The second-order valence-corrected chi connectivity index (χ2v) is 7.72. The third kappa shape index (κ3) is 5.92. The van der Waals surface area contributed by atoms with E-state index in [2.05, 4.69) is 10.3 Å². The zero-order valence-electron chi connectivity index (χ0n) is 17.6. The molecule has 1 heterocycles. The molecule has 0 aliphatic carbocycles. The number of rotatable bonds is 6. The Morgan fingerprint density at radius 2 is 1.91 bits per heavy atom. The second-order valence-electron chi connectivity index (χ2n) is 6.69. The van der Waals surface area contributed by atoms with Crippen molar-refractivity contribution in [2.75, 3.05) is 6.61 Å². The van der Waals surface area contributed by atoms with Gasteiger partial charge in [0, 0.05) is 13.0 Å². The topological polar surface area (TPSA) is 120 Å². The van der Waals surface area contributed by atoms with E-state index in [1.54, 1.807) is 6.92 Å². The average molecular weight is 495 g/mol. The summed E-state index contributed by atoms with van der Waals surface area (Å²) in [6.45, 7) is 3.15. The Morgan fingerprint density at radius 3 is 2.53 bits per heavy atom. The molecule has 0 saturated heterocycles. The van der Waals surface area contributed by atoms with Gasteiger partial charge in [-0.15, -0.1) is 0 Å². The van der Waals surface area contributed by atoms with Crippen molar-refractivity contribution >= 4 is 40.5 Å². The van der Waals surface area contributed by atoms with Gasteiger partial charge in [-0.1, -0.05) is 6.07 Å². The van der Waals surface area contributed by atoms with E-state index < -0.39 is 34.0 Å². The van der Waals surface area contributed by atoms with Crippen molar-refractivity contribution in [2.45, 2.75) is 20.0 Å². The van der Waals surface area contributed by atoms with Crippen LogP contribution in [0.2, 0.25) is 0 Å². The van der Waals surface area contributed by atoms with Crippen LogP contribution in [0.25, 0.3) is 6.08 Å². The first-order valence-corrected chi connectivity index (χ1v) is 10.4. The quantitative estimate of drug-likeness (QED) is 0.343. The Labute approximate surface area is 194 Å². The minimum absolute atomic E-state index is 0.0208. The lowest BCUT2D eigenvalue weighted by Crippen LogP contribution is -2.23. The van der Waals surface area contributed by atoms with Crippen molar-refractivity contribution in [2.24, 2.45) is 4.99 Å². The molecule has 1 N–H and O–H groups in total. The molecule has 2 aromatic carbocycles. The molecule has 0 bridgehead atoms. The van der Waals surface area contributed by atoms with Crippen LogP contribution < -0.4 is 14.8 Å². The summed E-state index contributed by atoms with van der Waals surface area (Å²) in [5.41, 5.74) is -1.55. The maximum absolute atomic E-state index is 12.9. The number of nitro groups is 1. The van der Waals surface area contributed by atoms with Crippen molar-refractivity contribution in [1.29, 1.82) is 0 Å². The van der Waals surface area contributed by atoms with Crippen LogP contribution in [0.4, 0.5) is 18.9 Å². The number of hydrogen-bond acceptors (Lipinski definition) is 7. The number of hydrogen-bond donors (Lipinski definition) is 1. The van der Waals surface area contributed by atoms with Crippen molar-refractivity contribution in [1.82, 2.24) is 5.32 Å². The lowest BCUT2D eigenvalue weighted by Gasteiger charge is -2.13. The summed E-state index contributed by atoms with van der Waals surface area (Å²) >= 11 is 0.967. The number of halogens is 3. The molecule has 2 aromatic rings. The van der Waals surface area contributed by atoms with Crippen LogP contribution in [-0.4, -0.2) is 28.5 Å². The molecular formula is C21H16F3N3O6S.